The van der Waals surface area contributed by atoms with E-state index in [0.717, 1.165) is 49.4 Å². The molecule has 0 N–H and O–H groups in total. The van der Waals surface area contributed by atoms with E-state index in [1.807, 2.05) is 12.1 Å². The second kappa shape index (κ2) is 5.52. The van der Waals surface area contributed by atoms with Gasteiger partial charge < -0.3 is 4.74 Å². The maximum absolute atomic E-state index is 10.7. The summed E-state index contributed by atoms with van der Waals surface area (Å²) in [6.45, 7) is 4.15. The molecule has 104 valence electrons. The molecule has 1 fully saturated rings. The van der Waals surface area contributed by atoms with Crippen LogP contribution in [0.25, 0.3) is 10.9 Å². The first-order valence-corrected chi connectivity index (χ1v) is 6.56. The van der Waals surface area contributed by atoms with Crippen LogP contribution in [0.3, 0.4) is 0 Å². The molecule has 2 heterocycles. The predicted molar refractivity (Wildman–Crippen MR) is 74.5 cm³/mol. The highest BCUT2D eigenvalue weighted by Crippen LogP contribution is 2.20. The average molecular weight is 273 g/mol. The highest BCUT2D eigenvalue weighted by Gasteiger charge is 2.12. The SMILES string of the molecule is O=[N+]([O-])c1ccc2nc(CN3CCOCC3)ccc2c1. The van der Waals surface area contributed by atoms with Crippen molar-refractivity contribution in [2.45, 2.75) is 6.54 Å². The van der Waals surface area contributed by atoms with E-state index < -0.39 is 0 Å². The average Bonchev–Trinajstić information content (AvgIpc) is 2.47. The van der Waals surface area contributed by atoms with Crippen LogP contribution in [0.15, 0.2) is 30.3 Å². The Hall–Kier alpha value is -2.05. The Morgan fingerprint density at radius 3 is 2.80 bits per heavy atom. The van der Waals surface area contributed by atoms with E-state index in [0.29, 0.717) is 0 Å². The third-order valence-corrected chi connectivity index (χ3v) is 3.43. The summed E-state index contributed by atoms with van der Waals surface area (Å²) in [5, 5.41) is 11.5. The van der Waals surface area contributed by atoms with E-state index in [1.54, 1.807) is 12.1 Å². The van der Waals surface area contributed by atoms with Crippen molar-refractivity contribution in [3.8, 4) is 0 Å². The molecule has 0 aliphatic carbocycles. The minimum absolute atomic E-state index is 0.0974. The first-order valence-electron chi connectivity index (χ1n) is 6.56. The number of hydrogen-bond acceptors (Lipinski definition) is 5. The van der Waals surface area contributed by atoms with Gasteiger partial charge >= 0.3 is 0 Å². The number of aromatic nitrogens is 1. The lowest BCUT2D eigenvalue weighted by atomic mass is 10.2. The molecule has 0 saturated carbocycles. The largest absolute Gasteiger partial charge is 0.379 e. The number of non-ortho nitro benzene ring substituents is 1. The van der Waals surface area contributed by atoms with Crippen molar-refractivity contribution in [3.05, 3.63) is 46.1 Å². The number of pyridine rings is 1. The van der Waals surface area contributed by atoms with Crippen molar-refractivity contribution in [3.63, 3.8) is 0 Å². The quantitative estimate of drug-likeness (QED) is 0.631. The van der Waals surface area contributed by atoms with Crippen LogP contribution in [-0.4, -0.2) is 41.1 Å². The van der Waals surface area contributed by atoms with Crippen LogP contribution in [0, 0.1) is 10.1 Å². The van der Waals surface area contributed by atoms with Crippen LogP contribution in [0.5, 0.6) is 0 Å². The summed E-state index contributed by atoms with van der Waals surface area (Å²) in [7, 11) is 0. The van der Waals surface area contributed by atoms with Crippen molar-refractivity contribution in [1.82, 2.24) is 9.88 Å². The molecule has 1 aliphatic heterocycles. The lowest BCUT2D eigenvalue weighted by Gasteiger charge is -2.26. The molecule has 0 amide bonds. The first kappa shape index (κ1) is 13.0. The van der Waals surface area contributed by atoms with E-state index in [1.165, 1.54) is 6.07 Å². The maximum atomic E-state index is 10.7. The molecule has 20 heavy (non-hydrogen) atoms. The number of nitro groups is 1. The number of morpholine rings is 1. The van der Waals surface area contributed by atoms with Crippen molar-refractivity contribution in [2.24, 2.45) is 0 Å². The molecule has 1 aromatic carbocycles. The molecule has 0 bridgehead atoms. The number of ether oxygens (including phenoxy) is 1. The Morgan fingerprint density at radius 2 is 2.05 bits per heavy atom. The zero-order chi connectivity index (χ0) is 13.9. The fraction of sp³-hybridized carbons (Fsp3) is 0.357. The molecule has 2 aromatic rings. The summed E-state index contributed by atoms with van der Waals surface area (Å²) in [5.41, 5.74) is 1.87. The minimum atomic E-state index is -0.388. The van der Waals surface area contributed by atoms with E-state index >= 15 is 0 Å². The van der Waals surface area contributed by atoms with Gasteiger partial charge in [-0.1, -0.05) is 6.07 Å². The Morgan fingerprint density at radius 1 is 1.25 bits per heavy atom. The molecular formula is C14H15N3O3. The predicted octanol–water partition coefficient (Wildman–Crippen LogP) is 1.98. The zero-order valence-electron chi connectivity index (χ0n) is 11.0. The number of fused-ring (bicyclic) bond motifs is 1. The van der Waals surface area contributed by atoms with Gasteiger partial charge in [0.2, 0.25) is 0 Å². The normalized spacial score (nSPS) is 16.4. The third-order valence-electron chi connectivity index (χ3n) is 3.43. The zero-order valence-corrected chi connectivity index (χ0v) is 11.0. The second-order valence-corrected chi connectivity index (χ2v) is 4.83. The van der Waals surface area contributed by atoms with Gasteiger partial charge in [0.05, 0.1) is 29.3 Å². The summed E-state index contributed by atoms with van der Waals surface area (Å²) >= 11 is 0. The van der Waals surface area contributed by atoms with Gasteiger partial charge in [0.1, 0.15) is 0 Å². The van der Waals surface area contributed by atoms with Crippen molar-refractivity contribution in [2.75, 3.05) is 26.3 Å². The van der Waals surface area contributed by atoms with Gasteiger partial charge in [-0.15, -0.1) is 0 Å². The van der Waals surface area contributed by atoms with E-state index in [4.69, 9.17) is 4.74 Å². The summed E-state index contributed by atoms with van der Waals surface area (Å²) in [6, 6.07) is 8.58. The van der Waals surface area contributed by atoms with E-state index in [-0.39, 0.29) is 10.6 Å². The summed E-state index contributed by atoms with van der Waals surface area (Å²) in [5.74, 6) is 0. The van der Waals surface area contributed by atoms with Crippen LogP contribution in [-0.2, 0) is 11.3 Å². The van der Waals surface area contributed by atoms with Crippen LogP contribution >= 0.6 is 0 Å². The van der Waals surface area contributed by atoms with Gasteiger partial charge in [-0.25, -0.2) is 0 Å². The molecule has 6 nitrogen and oxygen atoms in total. The lowest BCUT2D eigenvalue weighted by molar-refractivity contribution is -0.384. The van der Waals surface area contributed by atoms with Gasteiger partial charge in [-0.3, -0.25) is 20.0 Å². The van der Waals surface area contributed by atoms with Crippen LogP contribution in [0.2, 0.25) is 0 Å². The molecule has 0 atom stereocenters. The molecule has 6 heteroatoms. The summed E-state index contributed by atoms with van der Waals surface area (Å²) < 4.78 is 5.32. The number of hydrogen-bond donors (Lipinski definition) is 0. The van der Waals surface area contributed by atoms with E-state index in [9.17, 15) is 10.1 Å². The monoisotopic (exact) mass is 273 g/mol. The van der Waals surface area contributed by atoms with Crippen molar-refractivity contribution < 1.29 is 9.66 Å². The van der Waals surface area contributed by atoms with Crippen molar-refractivity contribution >= 4 is 16.6 Å². The van der Waals surface area contributed by atoms with Gasteiger partial charge in [-0.2, -0.15) is 0 Å². The Bertz CT molecular complexity index is 639. The fourth-order valence-electron chi connectivity index (χ4n) is 2.35. The Labute approximate surface area is 116 Å². The number of rotatable bonds is 3. The molecule has 0 radical (unpaired) electrons. The Balaban J connectivity index is 1.83. The van der Waals surface area contributed by atoms with E-state index in [2.05, 4.69) is 9.88 Å². The molecule has 1 aromatic heterocycles. The second-order valence-electron chi connectivity index (χ2n) is 4.83. The van der Waals surface area contributed by atoms with Crippen LogP contribution < -0.4 is 0 Å². The number of nitrogens with zero attached hydrogens (tertiary/aromatic N) is 3. The number of benzene rings is 1. The van der Waals surface area contributed by atoms with Crippen LogP contribution in [0.1, 0.15) is 5.69 Å². The lowest BCUT2D eigenvalue weighted by Crippen LogP contribution is -2.35. The van der Waals surface area contributed by atoms with Gasteiger partial charge in [-0.05, 0) is 12.1 Å². The molecule has 1 saturated heterocycles. The summed E-state index contributed by atoms with van der Waals surface area (Å²) in [6.07, 6.45) is 0. The molecule has 0 spiro atoms. The molecule has 3 rings (SSSR count). The summed E-state index contributed by atoms with van der Waals surface area (Å²) in [4.78, 5) is 17.2. The smallest absolute Gasteiger partial charge is 0.270 e. The topological polar surface area (TPSA) is 68.5 Å². The first-order chi connectivity index (χ1) is 9.72. The number of nitro benzene ring substituents is 1. The van der Waals surface area contributed by atoms with Gasteiger partial charge in [0.15, 0.2) is 0 Å². The molecule has 1 aliphatic rings. The Kier molecular flexibility index (Phi) is 3.58. The third kappa shape index (κ3) is 2.76. The highest BCUT2D eigenvalue weighted by atomic mass is 16.6. The fourth-order valence-corrected chi connectivity index (χ4v) is 2.35. The maximum Gasteiger partial charge on any atom is 0.270 e. The molecular weight excluding hydrogens is 258 g/mol. The van der Waals surface area contributed by atoms with Crippen molar-refractivity contribution in [1.29, 1.82) is 0 Å². The highest BCUT2D eigenvalue weighted by molar-refractivity contribution is 5.81. The van der Waals surface area contributed by atoms with Gasteiger partial charge in [0.25, 0.3) is 5.69 Å². The molecule has 0 unspecified atom stereocenters. The van der Waals surface area contributed by atoms with Gasteiger partial charge in [0, 0.05) is 37.2 Å². The van der Waals surface area contributed by atoms with Crippen LogP contribution in [0.4, 0.5) is 5.69 Å². The minimum Gasteiger partial charge on any atom is -0.379 e. The standard InChI is InChI=1S/C14H15N3O3/c18-17(19)13-3-4-14-11(9-13)1-2-12(15-14)10-16-5-7-20-8-6-16/h1-4,9H,5-8,10H2.